The van der Waals surface area contributed by atoms with Gasteiger partial charge >= 0.3 is 6.18 Å². The average molecular weight is 281 g/mol. The van der Waals surface area contributed by atoms with E-state index in [1.807, 2.05) is 0 Å². The predicted molar refractivity (Wildman–Crippen MR) is 60.1 cm³/mol. The number of nitrogens with zero attached hydrogens (tertiary/aromatic N) is 4. The van der Waals surface area contributed by atoms with Crippen LogP contribution in [0.5, 0.6) is 0 Å². The van der Waals surface area contributed by atoms with E-state index >= 15 is 0 Å². The largest absolute Gasteiger partial charge is 0.417 e. The molecule has 0 bridgehead atoms. The van der Waals surface area contributed by atoms with Gasteiger partial charge in [-0.3, -0.25) is 5.10 Å². The zero-order valence-corrected chi connectivity index (χ0v) is 9.72. The van der Waals surface area contributed by atoms with E-state index in [0.29, 0.717) is 0 Å². The van der Waals surface area contributed by atoms with Crippen molar-refractivity contribution in [3.8, 4) is 23.1 Å². The van der Waals surface area contributed by atoms with E-state index < -0.39 is 11.7 Å². The van der Waals surface area contributed by atoms with Crippen LogP contribution in [0.4, 0.5) is 13.2 Å². The van der Waals surface area contributed by atoms with Crippen LogP contribution in [0.3, 0.4) is 0 Å². The van der Waals surface area contributed by atoms with Crippen molar-refractivity contribution in [3.05, 3.63) is 36.2 Å². The summed E-state index contributed by atoms with van der Waals surface area (Å²) in [7, 11) is 0. The van der Waals surface area contributed by atoms with Gasteiger partial charge in [0.1, 0.15) is 6.33 Å². The molecule has 0 aliphatic heterocycles. The Labute approximate surface area is 109 Å². The molecule has 3 rings (SSSR count). The quantitative estimate of drug-likeness (QED) is 0.780. The number of rotatable bonds is 2. The third-order valence-electron chi connectivity index (χ3n) is 2.52. The van der Waals surface area contributed by atoms with Crippen LogP contribution >= 0.6 is 0 Å². The summed E-state index contributed by atoms with van der Waals surface area (Å²) in [5.74, 6) is 0.0169. The van der Waals surface area contributed by atoms with Crippen molar-refractivity contribution >= 4 is 0 Å². The van der Waals surface area contributed by atoms with Crippen molar-refractivity contribution in [2.45, 2.75) is 6.18 Å². The molecule has 102 valence electrons. The smallest absolute Gasteiger partial charge is 0.333 e. The van der Waals surface area contributed by atoms with Crippen LogP contribution in [0.15, 0.2) is 35.1 Å². The van der Waals surface area contributed by atoms with Gasteiger partial charge in [0, 0.05) is 0 Å². The molecule has 0 atom stereocenters. The SMILES string of the molecule is FC(F)(F)c1ccccc1-c1nc(-c2ncn[nH]2)no1. The lowest BCUT2D eigenvalue weighted by atomic mass is 10.1. The highest BCUT2D eigenvalue weighted by Gasteiger charge is 2.34. The van der Waals surface area contributed by atoms with Crippen molar-refractivity contribution in [3.63, 3.8) is 0 Å². The van der Waals surface area contributed by atoms with Crippen LogP contribution in [0, 0.1) is 0 Å². The lowest BCUT2D eigenvalue weighted by Crippen LogP contribution is -2.06. The maximum Gasteiger partial charge on any atom is 0.417 e. The topological polar surface area (TPSA) is 80.5 Å². The first-order valence-electron chi connectivity index (χ1n) is 5.42. The lowest BCUT2D eigenvalue weighted by Gasteiger charge is -2.09. The summed E-state index contributed by atoms with van der Waals surface area (Å²) in [5.41, 5.74) is -1.02. The van der Waals surface area contributed by atoms with Gasteiger partial charge in [0.2, 0.25) is 5.82 Å². The number of H-pyrrole nitrogens is 1. The summed E-state index contributed by atoms with van der Waals surface area (Å²) in [6, 6.07) is 4.97. The van der Waals surface area contributed by atoms with Crippen molar-refractivity contribution in [2.24, 2.45) is 0 Å². The monoisotopic (exact) mass is 281 g/mol. The Hall–Kier alpha value is -2.71. The summed E-state index contributed by atoms with van der Waals surface area (Å²) in [6.07, 6.45) is -3.27. The number of alkyl halides is 3. The molecule has 0 amide bonds. The van der Waals surface area contributed by atoms with Gasteiger partial charge in [-0.2, -0.15) is 23.3 Å². The first kappa shape index (κ1) is 12.3. The van der Waals surface area contributed by atoms with E-state index in [4.69, 9.17) is 4.52 Å². The molecule has 9 heteroatoms. The summed E-state index contributed by atoms with van der Waals surface area (Å²) in [6.45, 7) is 0. The molecule has 0 saturated heterocycles. The molecule has 0 fully saturated rings. The predicted octanol–water partition coefficient (Wildman–Crippen LogP) is 2.54. The number of hydrogen-bond donors (Lipinski definition) is 1. The second-order valence-corrected chi connectivity index (χ2v) is 3.80. The summed E-state index contributed by atoms with van der Waals surface area (Å²) >= 11 is 0. The molecule has 0 saturated carbocycles. The van der Waals surface area contributed by atoms with Crippen LogP contribution in [0.25, 0.3) is 23.1 Å². The molecule has 3 aromatic rings. The maximum absolute atomic E-state index is 12.9. The van der Waals surface area contributed by atoms with Crippen LogP contribution < -0.4 is 0 Å². The van der Waals surface area contributed by atoms with Crippen molar-refractivity contribution in [1.82, 2.24) is 25.3 Å². The van der Waals surface area contributed by atoms with Gasteiger partial charge in [0.05, 0.1) is 11.1 Å². The van der Waals surface area contributed by atoms with Crippen LogP contribution in [-0.4, -0.2) is 25.3 Å². The fraction of sp³-hybridized carbons (Fsp3) is 0.0909. The molecule has 0 aliphatic rings. The van der Waals surface area contributed by atoms with Crippen LogP contribution in [-0.2, 0) is 6.18 Å². The highest BCUT2D eigenvalue weighted by atomic mass is 19.4. The Morgan fingerprint density at radius 3 is 2.65 bits per heavy atom. The molecule has 0 radical (unpaired) electrons. The minimum absolute atomic E-state index is 0.0366. The zero-order chi connectivity index (χ0) is 14.2. The lowest BCUT2D eigenvalue weighted by molar-refractivity contribution is -0.137. The third kappa shape index (κ3) is 2.13. The Bertz CT molecular complexity index is 720. The van der Waals surface area contributed by atoms with E-state index in [1.54, 1.807) is 0 Å². The fourth-order valence-corrected chi connectivity index (χ4v) is 1.66. The second kappa shape index (κ2) is 4.44. The minimum atomic E-state index is -4.50. The molecule has 0 spiro atoms. The van der Waals surface area contributed by atoms with Gasteiger partial charge in [0.25, 0.3) is 5.89 Å². The Morgan fingerprint density at radius 2 is 1.95 bits per heavy atom. The number of hydrogen-bond acceptors (Lipinski definition) is 5. The molecule has 20 heavy (non-hydrogen) atoms. The van der Waals surface area contributed by atoms with Gasteiger partial charge in [-0.15, -0.1) is 0 Å². The highest BCUT2D eigenvalue weighted by molar-refractivity contribution is 5.61. The van der Waals surface area contributed by atoms with E-state index in [0.717, 1.165) is 6.07 Å². The molecule has 2 aromatic heterocycles. The summed E-state index contributed by atoms with van der Waals surface area (Å²) in [5, 5.41) is 9.67. The number of halogens is 3. The zero-order valence-electron chi connectivity index (χ0n) is 9.72. The average Bonchev–Trinajstić information content (AvgIpc) is 3.09. The van der Waals surface area contributed by atoms with Gasteiger partial charge in [-0.25, -0.2) is 4.98 Å². The third-order valence-corrected chi connectivity index (χ3v) is 2.52. The molecule has 2 heterocycles. The molecule has 6 nitrogen and oxygen atoms in total. The normalized spacial score (nSPS) is 11.8. The van der Waals surface area contributed by atoms with E-state index in [2.05, 4.69) is 25.3 Å². The van der Waals surface area contributed by atoms with E-state index in [-0.39, 0.29) is 23.1 Å². The molecular weight excluding hydrogens is 275 g/mol. The number of nitrogens with one attached hydrogen (secondary N) is 1. The Balaban J connectivity index is 2.07. The van der Waals surface area contributed by atoms with E-state index in [9.17, 15) is 13.2 Å². The maximum atomic E-state index is 12.9. The molecule has 0 aliphatic carbocycles. The van der Waals surface area contributed by atoms with Crippen molar-refractivity contribution in [1.29, 1.82) is 0 Å². The second-order valence-electron chi connectivity index (χ2n) is 3.80. The molecule has 1 aromatic carbocycles. The number of aromatic amines is 1. The first-order valence-corrected chi connectivity index (χ1v) is 5.42. The van der Waals surface area contributed by atoms with Crippen LogP contribution in [0.2, 0.25) is 0 Å². The number of aromatic nitrogens is 5. The molecular formula is C11H6F3N5O. The summed E-state index contributed by atoms with van der Waals surface area (Å²) in [4.78, 5) is 7.68. The molecule has 1 N–H and O–H groups in total. The Morgan fingerprint density at radius 1 is 1.15 bits per heavy atom. The van der Waals surface area contributed by atoms with Gasteiger partial charge in [-0.1, -0.05) is 17.3 Å². The van der Waals surface area contributed by atoms with Crippen LogP contribution in [0.1, 0.15) is 5.56 Å². The van der Waals surface area contributed by atoms with Gasteiger partial charge in [-0.05, 0) is 12.1 Å². The highest BCUT2D eigenvalue weighted by Crippen LogP contribution is 2.36. The standard InChI is InChI=1S/C11H6F3N5O/c12-11(13,14)7-4-2-1-3-6(7)10-17-9(19-20-10)8-15-5-16-18-8/h1-5H,(H,15,16,18). The van der Waals surface area contributed by atoms with Crippen molar-refractivity contribution < 1.29 is 17.7 Å². The van der Waals surface area contributed by atoms with Gasteiger partial charge < -0.3 is 4.52 Å². The fourth-order valence-electron chi connectivity index (χ4n) is 1.66. The van der Waals surface area contributed by atoms with E-state index in [1.165, 1.54) is 24.5 Å². The molecule has 0 unspecified atom stereocenters. The summed E-state index contributed by atoms with van der Waals surface area (Å²) < 4.78 is 43.5. The number of benzene rings is 1. The minimum Gasteiger partial charge on any atom is -0.333 e. The first-order chi connectivity index (χ1) is 9.55. The Kier molecular flexibility index (Phi) is 2.74. The van der Waals surface area contributed by atoms with Gasteiger partial charge in [0.15, 0.2) is 5.82 Å². The van der Waals surface area contributed by atoms with Crippen molar-refractivity contribution in [2.75, 3.05) is 0 Å².